The molecular formula is C5H9NY-2. The molecule has 1 nitrogen and oxygen atoms in total. The van der Waals surface area contributed by atoms with Crippen molar-refractivity contribution in [2.24, 2.45) is 0 Å². The normalized spacial score (nSPS) is 24.9. The average molecular weight is 172 g/mol. The third kappa shape index (κ3) is 2.20. The summed E-state index contributed by atoms with van der Waals surface area (Å²) >= 11 is 0. The van der Waals surface area contributed by atoms with Crippen LogP contribution in [0.4, 0.5) is 0 Å². The maximum absolute atomic E-state index is 3.75. The largest absolute Gasteiger partial charge is 0.369 e. The molecule has 0 aromatic heterocycles. The van der Waals surface area contributed by atoms with Gasteiger partial charge in [0, 0.05) is 32.7 Å². The van der Waals surface area contributed by atoms with Gasteiger partial charge in [-0.1, -0.05) is 6.42 Å². The summed E-state index contributed by atoms with van der Waals surface area (Å²) in [6, 6.07) is 0. The molecule has 0 atom stereocenters. The van der Waals surface area contributed by atoms with Crippen molar-refractivity contribution in [2.75, 3.05) is 6.54 Å². The van der Waals surface area contributed by atoms with Crippen molar-refractivity contribution in [3.8, 4) is 0 Å². The van der Waals surface area contributed by atoms with Gasteiger partial charge >= 0.3 is 0 Å². The standard InChI is InChI=1S/C5H9N.Y/c1-5(2)3-4-6-5;/h6H,1-4H2;/q-2;. The van der Waals surface area contributed by atoms with E-state index in [0.717, 1.165) is 13.0 Å². The van der Waals surface area contributed by atoms with Crippen LogP contribution in [-0.4, -0.2) is 12.1 Å². The Morgan fingerprint density at radius 1 is 1.43 bits per heavy atom. The van der Waals surface area contributed by atoms with Crippen molar-refractivity contribution in [2.45, 2.75) is 12.0 Å². The molecule has 0 unspecified atom stereocenters. The van der Waals surface area contributed by atoms with Gasteiger partial charge in [-0.3, -0.25) is 0 Å². The molecule has 0 aliphatic carbocycles. The Balaban J connectivity index is 0.000000360. The summed E-state index contributed by atoms with van der Waals surface area (Å²) in [4.78, 5) is 0. The number of hydrogen-bond acceptors (Lipinski definition) is 1. The van der Waals surface area contributed by atoms with Crippen LogP contribution in [0.5, 0.6) is 0 Å². The SMILES string of the molecule is [CH2-]C1([CH2-])CCN1.[Y]. The Morgan fingerprint density at radius 3 is 1.71 bits per heavy atom. The van der Waals surface area contributed by atoms with Gasteiger partial charge in [-0.25, -0.2) is 5.54 Å². The molecule has 0 spiro atoms. The third-order valence-electron chi connectivity index (χ3n) is 1.10. The fourth-order valence-electron chi connectivity index (χ4n) is 0.479. The Kier molecular flexibility index (Phi) is 2.95. The van der Waals surface area contributed by atoms with Crippen molar-refractivity contribution in [1.82, 2.24) is 5.32 Å². The van der Waals surface area contributed by atoms with E-state index in [4.69, 9.17) is 0 Å². The van der Waals surface area contributed by atoms with Gasteiger partial charge in [0.1, 0.15) is 0 Å². The summed E-state index contributed by atoms with van der Waals surface area (Å²) in [5, 5.41) is 3.06. The first-order valence-corrected chi connectivity index (χ1v) is 2.16. The summed E-state index contributed by atoms with van der Waals surface area (Å²) in [5.74, 6) is 0. The second-order valence-corrected chi connectivity index (χ2v) is 1.96. The van der Waals surface area contributed by atoms with Crippen LogP contribution in [0.2, 0.25) is 0 Å². The summed E-state index contributed by atoms with van der Waals surface area (Å²) in [6.07, 6.45) is 1.12. The van der Waals surface area contributed by atoms with E-state index in [-0.39, 0.29) is 38.2 Å². The van der Waals surface area contributed by atoms with Gasteiger partial charge in [-0.2, -0.15) is 0 Å². The smallest absolute Gasteiger partial charge is 0 e. The minimum atomic E-state index is -0.0278. The van der Waals surface area contributed by atoms with E-state index in [1.165, 1.54) is 0 Å². The Morgan fingerprint density at radius 2 is 1.71 bits per heavy atom. The van der Waals surface area contributed by atoms with E-state index in [0.29, 0.717) is 0 Å². The molecule has 0 aromatic carbocycles. The maximum Gasteiger partial charge on any atom is 0 e. The molecule has 2 heteroatoms. The molecule has 7 heavy (non-hydrogen) atoms. The maximum atomic E-state index is 3.75. The molecule has 1 aliphatic heterocycles. The van der Waals surface area contributed by atoms with Crippen LogP contribution < -0.4 is 5.32 Å². The minimum absolute atomic E-state index is 0. The number of hydrogen-bond donors (Lipinski definition) is 1. The molecule has 1 N–H and O–H groups in total. The van der Waals surface area contributed by atoms with Crippen LogP contribution in [0.25, 0.3) is 0 Å². The van der Waals surface area contributed by atoms with Crippen LogP contribution >= 0.6 is 0 Å². The summed E-state index contributed by atoms with van der Waals surface area (Å²) < 4.78 is 0. The Hall–Kier alpha value is 1.06. The number of nitrogens with one attached hydrogen (secondary N) is 1. The molecule has 0 aromatic rings. The van der Waals surface area contributed by atoms with E-state index in [1.54, 1.807) is 0 Å². The molecule has 0 amide bonds. The molecule has 0 bridgehead atoms. The summed E-state index contributed by atoms with van der Waals surface area (Å²) in [6.45, 7) is 8.60. The van der Waals surface area contributed by atoms with Crippen LogP contribution in [0, 0.1) is 13.8 Å². The Bertz CT molecular complexity index is 55.1. The predicted octanol–water partition coefficient (Wildman–Crippen LogP) is 0.384. The topological polar surface area (TPSA) is 12.0 Å². The molecule has 1 heterocycles. The molecule has 0 saturated carbocycles. The van der Waals surface area contributed by atoms with Gasteiger partial charge < -0.3 is 19.2 Å². The van der Waals surface area contributed by atoms with E-state index in [2.05, 4.69) is 19.2 Å². The first-order valence-electron chi connectivity index (χ1n) is 2.16. The minimum Gasteiger partial charge on any atom is -0.369 e. The van der Waals surface area contributed by atoms with E-state index < -0.39 is 0 Å². The van der Waals surface area contributed by atoms with Gasteiger partial charge in [0.05, 0.1) is 0 Å². The fourth-order valence-corrected chi connectivity index (χ4v) is 0.479. The first kappa shape index (κ1) is 8.06. The van der Waals surface area contributed by atoms with Crippen LogP contribution in [0.1, 0.15) is 6.42 Å². The van der Waals surface area contributed by atoms with Gasteiger partial charge in [0.2, 0.25) is 0 Å². The van der Waals surface area contributed by atoms with E-state index in [9.17, 15) is 0 Å². The summed E-state index contributed by atoms with van der Waals surface area (Å²) in [5.41, 5.74) is -0.0278. The zero-order valence-electron chi connectivity index (χ0n) is 4.41. The van der Waals surface area contributed by atoms with Crippen molar-refractivity contribution in [3.63, 3.8) is 0 Å². The second kappa shape index (κ2) is 2.56. The monoisotopic (exact) mass is 172 g/mol. The number of rotatable bonds is 0. The van der Waals surface area contributed by atoms with Gasteiger partial charge in [0.25, 0.3) is 0 Å². The van der Waals surface area contributed by atoms with E-state index in [1.807, 2.05) is 0 Å². The summed E-state index contributed by atoms with van der Waals surface area (Å²) in [7, 11) is 0. The zero-order valence-corrected chi connectivity index (χ0v) is 7.24. The van der Waals surface area contributed by atoms with Gasteiger partial charge in [0.15, 0.2) is 0 Å². The van der Waals surface area contributed by atoms with Crippen molar-refractivity contribution >= 4 is 0 Å². The quantitative estimate of drug-likeness (QED) is 0.521. The van der Waals surface area contributed by atoms with Crippen LogP contribution in [-0.2, 0) is 32.7 Å². The zero-order chi connectivity index (χ0) is 4.62. The van der Waals surface area contributed by atoms with Crippen molar-refractivity contribution in [3.05, 3.63) is 13.8 Å². The molecule has 1 fully saturated rings. The van der Waals surface area contributed by atoms with Gasteiger partial charge in [-0.05, 0) is 6.54 Å². The molecule has 1 aliphatic rings. The fraction of sp³-hybridized carbons (Fsp3) is 0.600. The van der Waals surface area contributed by atoms with Crippen LogP contribution in [0.15, 0.2) is 0 Å². The first-order chi connectivity index (χ1) is 2.71. The molecule has 1 saturated heterocycles. The molecule has 1 rings (SSSR count). The van der Waals surface area contributed by atoms with E-state index >= 15 is 0 Å². The van der Waals surface area contributed by atoms with Crippen LogP contribution in [0.3, 0.4) is 0 Å². The molecule has 39 valence electrons. The second-order valence-electron chi connectivity index (χ2n) is 1.96. The Labute approximate surface area is 70.1 Å². The molecular weight excluding hydrogens is 163 g/mol. The molecule has 1 radical (unpaired) electrons. The van der Waals surface area contributed by atoms with Crippen molar-refractivity contribution in [1.29, 1.82) is 0 Å². The van der Waals surface area contributed by atoms with Gasteiger partial charge in [-0.15, -0.1) is 0 Å². The third-order valence-corrected chi connectivity index (χ3v) is 1.10. The predicted molar refractivity (Wildman–Crippen MR) is 26.1 cm³/mol. The average Bonchev–Trinajstić information content (AvgIpc) is 1.32. The van der Waals surface area contributed by atoms with Crippen molar-refractivity contribution < 1.29 is 32.7 Å².